The van der Waals surface area contributed by atoms with Gasteiger partial charge in [0.15, 0.2) is 5.82 Å². The lowest BCUT2D eigenvalue weighted by Gasteiger charge is -2.08. The molecule has 1 amide bonds. The second-order valence-corrected chi connectivity index (χ2v) is 5.21. The molecule has 2 rings (SSSR count). The number of amides is 1. The summed E-state index contributed by atoms with van der Waals surface area (Å²) in [6.45, 7) is 1.83. The van der Waals surface area contributed by atoms with Crippen LogP contribution < -0.4 is 5.32 Å². The molecule has 2 aromatic rings. The highest BCUT2D eigenvalue weighted by molar-refractivity contribution is 9.10. The summed E-state index contributed by atoms with van der Waals surface area (Å²) >= 11 is 3.25. The molecule has 7 heteroatoms. The Kier molecular flexibility index (Phi) is 4.32. The van der Waals surface area contributed by atoms with E-state index in [1.807, 2.05) is 13.0 Å². The van der Waals surface area contributed by atoms with Crippen LogP contribution in [-0.2, 0) is 0 Å². The number of rotatable bonds is 3. The number of nitrogens with one attached hydrogen (secondary N) is 1. The molecule has 5 nitrogen and oxygen atoms in total. The van der Waals surface area contributed by atoms with Crippen molar-refractivity contribution in [2.45, 2.75) is 6.92 Å². The van der Waals surface area contributed by atoms with Crippen molar-refractivity contribution in [3.63, 3.8) is 0 Å². The number of benzene rings is 2. The van der Waals surface area contributed by atoms with Crippen LogP contribution in [0.4, 0.5) is 15.8 Å². The minimum atomic E-state index is -0.860. The lowest BCUT2D eigenvalue weighted by molar-refractivity contribution is -0.385. The standard InChI is InChI=1S/C14H10BrFN2O3/c1-8-2-4-11(15)10(6-8)14(19)17-13-5-3-9(18(20)21)7-12(13)16/h2-7H,1H3,(H,17,19). The number of halogens is 2. The predicted molar refractivity (Wildman–Crippen MR) is 79.9 cm³/mol. The van der Waals surface area contributed by atoms with Crippen LogP contribution in [0.2, 0.25) is 0 Å². The van der Waals surface area contributed by atoms with Gasteiger partial charge in [0.05, 0.1) is 22.2 Å². The first-order valence-electron chi connectivity index (χ1n) is 5.90. The molecule has 0 saturated carbocycles. The third kappa shape index (κ3) is 3.43. The van der Waals surface area contributed by atoms with E-state index in [2.05, 4.69) is 21.2 Å². The SMILES string of the molecule is Cc1ccc(Br)c(C(=O)Nc2ccc([N+](=O)[O-])cc2F)c1. The summed E-state index contributed by atoms with van der Waals surface area (Å²) in [6.07, 6.45) is 0. The van der Waals surface area contributed by atoms with E-state index < -0.39 is 16.6 Å². The van der Waals surface area contributed by atoms with E-state index in [1.165, 1.54) is 0 Å². The Balaban J connectivity index is 2.27. The maximum Gasteiger partial charge on any atom is 0.272 e. The molecule has 1 N–H and O–H groups in total. The van der Waals surface area contributed by atoms with E-state index in [4.69, 9.17) is 0 Å². The Morgan fingerprint density at radius 3 is 2.62 bits per heavy atom. The summed E-state index contributed by atoms with van der Waals surface area (Å²) < 4.78 is 14.3. The fourth-order valence-electron chi connectivity index (χ4n) is 1.72. The molecule has 0 radical (unpaired) electrons. The normalized spacial score (nSPS) is 10.2. The number of carbonyl (C=O) groups is 1. The van der Waals surface area contributed by atoms with Gasteiger partial charge < -0.3 is 5.32 Å². The third-order valence-electron chi connectivity index (χ3n) is 2.78. The molecule has 0 aliphatic carbocycles. The first-order valence-corrected chi connectivity index (χ1v) is 6.69. The second-order valence-electron chi connectivity index (χ2n) is 4.36. The fraction of sp³-hybridized carbons (Fsp3) is 0.0714. The van der Waals surface area contributed by atoms with Gasteiger partial charge in [-0.3, -0.25) is 14.9 Å². The molecule has 2 aromatic carbocycles. The molecule has 0 bridgehead atoms. The number of nitrogens with zero attached hydrogens (tertiary/aromatic N) is 1. The number of hydrogen-bond donors (Lipinski definition) is 1. The third-order valence-corrected chi connectivity index (χ3v) is 3.47. The highest BCUT2D eigenvalue weighted by Crippen LogP contribution is 2.23. The number of non-ortho nitro benzene ring substituents is 1. The quantitative estimate of drug-likeness (QED) is 0.668. The molecule has 0 fully saturated rings. The van der Waals surface area contributed by atoms with E-state index in [0.717, 1.165) is 23.8 Å². The number of anilines is 1. The van der Waals surface area contributed by atoms with Crippen LogP contribution in [0.25, 0.3) is 0 Å². The topological polar surface area (TPSA) is 72.2 Å². The summed E-state index contributed by atoms with van der Waals surface area (Å²) in [5.74, 6) is -1.36. The molecular formula is C14H10BrFN2O3. The molecule has 0 spiro atoms. The zero-order valence-electron chi connectivity index (χ0n) is 10.9. The first kappa shape index (κ1) is 15.1. The van der Waals surface area contributed by atoms with Crippen molar-refractivity contribution in [1.82, 2.24) is 0 Å². The Labute approximate surface area is 128 Å². The van der Waals surface area contributed by atoms with Crippen molar-refractivity contribution in [3.05, 3.63) is 67.9 Å². The molecule has 21 heavy (non-hydrogen) atoms. The average molecular weight is 353 g/mol. The Morgan fingerprint density at radius 1 is 1.29 bits per heavy atom. The van der Waals surface area contributed by atoms with E-state index in [1.54, 1.807) is 12.1 Å². The Bertz CT molecular complexity index is 734. The lowest BCUT2D eigenvalue weighted by atomic mass is 10.1. The minimum absolute atomic E-state index is 0.112. The fourth-order valence-corrected chi connectivity index (χ4v) is 2.15. The van der Waals surface area contributed by atoms with Crippen molar-refractivity contribution >= 4 is 33.2 Å². The second kappa shape index (κ2) is 6.01. The van der Waals surface area contributed by atoms with Gasteiger partial charge in [-0.25, -0.2) is 4.39 Å². The van der Waals surface area contributed by atoms with Gasteiger partial charge in [0.25, 0.3) is 11.6 Å². The van der Waals surface area contributed by atoms with Crippen LogP contribution >= 0.6 is 15.9 Å². The summed E-state index contributed by atoms with van der Waals surface area (Å²) in [4.78, 5) is 21.9. The average Bonchev–Trinajstić information content (AvgIpc) is 2.43. The predicted octanol–water partition coefficient (Wildman–Crippen LogP) is 4.06. The van der Waals surface area contributed by atoms with E-state index in [-0.39, 0.29) is 11.4 Å². The molecule has 0 aromatic heterocycles. The maximum atomic E-state index is 13.7. The van der Waals surface area contributed by atoms with Crippen LogP contribution in [0, 0.1) is 22.9 Å². The number of nitro groups is 1. The van der Waals surface area contributed by atoms with Crippen molar-refractivity contribution in [2.24, 2.45) is 0 Å². The molecule has 0 saturated heterocycles. The Morgan fingerprint density at radius 2 is 2.00 bits per heavy atom. The van der Waals surface area contributed by atoms with Gasteiger partial charge in [-0.15, -0.1) is 0 Å². The van der Waals surface area contributed by atoms with Gasteiger partial charge in [-0.2, -0.15) is 0 Å². The van der Waals surface area contributed by atoms with Gasteiger partial charge in [0.1, 0.15) is 0 Å². The highest BCUT2D eigenvalue weighted by Gasteiger charge is 2.15. The molecule has 108 valence electrons. The van der Waals surface area contributed by atoms with Crippen LogP contribution in [0.15, 0.2) is 40.9 Å². The van der Waals surface area contributed by atoms with Crippen LogP contribution in [0.3, 0.4) is 0 Å². The summed E-state index contributed by atoms with van der Waals surface area (Å²) in [5.41, 5.74) is 0.751. The smallest absolute Gasteiger partial charge is 0.272 e. The first-order chi connectivity index (χ1) is 9.88. The molecule has 0 atom stereocenters. The highest BCUT2D eigenvalue weighted by atomic mass is 79.9. The van der Waals surface area contributed by atoms with E-state index in [9.17, 15) is 19.3 Å². The van der Waals surface area contributed by atoms with Crippen molar-refractivity contribution in [3.8, 4) is 0 Å². The Hall–Kier alpha value is -2.28. The van der Waals surface area contributed by atoms with Crippen molar-refractivity contribution in [1.29, 1.82) is 0 Å². The van der Waals surface area contributed by atoms with Gasteiger partial charge >= 0.3 is 0 Å². The lowest BCUT2D eigenvalue weighted by Crippen LogP contribution is -2.14. The number of aryl methyl sites for hydroxylation is 1. The van der Waals surface area contributed by atoms with Crippen LogP contribution in [0.5, 0.6) is 0 Å². The van der Waals surface area contributed by atoms with Crippen molar-refractivity contribution in [2.75, 3.05) is 5.32 Å². The van der Waals surface area contributed by atoms with E-state index in [0.29, 0.717) is 10.0 Å². The van der Waals surface area contributed by atoms with E-state index >= 15 is 0 Å². The maximum absolute atomic E-state index is 13.7. The molecule has 0 aliphatic heterocycles. The number of nitro benzene ring substituents is 1. The number of hydrogen-bond acceptors (Lipinski definition) is 3. The molecule has 0 aliphatic rings. The number of carbonyl (C=O) groups excluding carboxylic acids is 1. The zero-order valence-corrected chi connectivity index (χ0v) is 12.5. The summed E-state index contributed by atoms with van der Waals surface area (Å²) in [6, 6.07) is 8.26. The molecular weight excluding hydrogens is 343 g/mol. The molecule has 0 heterocycles. The van der Waals surface area contributed by atoms with Gasteiger partial charge in [0, 0.05) is 10.5 Å². The molecule has 0 unspecified atom stereocenters. The van der Waals surface area contributed by atoms with Gasteiger partial charge in [0.2, 0.25) is 0 Å². The van der Waals surface area contributed by atoms with Crippen LogP contribution in [0.1, 0.15) is 15.9 Å². The van der Waals surface area contributed by atoms with Gasteiger partial charge in [-0.05, 0) is 41.1 Å². The van der Waals surface area contributed by atoms with Gasteiger partial charge in [-0.1, -0.05) is 11.6 Å². The monoisotopic (exact) mass is 352 g/mol. The largest absolute Gasteiger partial charge is 0.319 e. The van der Waals surface area contributed by atoms with Crippen molar-refractivity contribution < 1.29 is 14.1 Å². The van der Waals surface area contributed by atoms with Crippen LogP contribution in [-0.4, -0.2) is 10.8 Å². The zero-order chi connectivity index (χ0) is 15.6. The minimum Gasteiger partial charge on any atom is -0.319 e. The summed E-state index contributed by atoms with van der Waals surface area (Å²) in [7, 11) is 0. The summed E-state index contributed by atoms with van der Waals surface area (Å²) in [5, 5.41) is 12.9.